The van der Waals surface area contributed by atoms with Crippen molar-refractivity contribution in [3.8, 4) is 0 Å². The number of halogens is 2. The summed E-state index contributed by atoms with van der Waals surface area (Å²) in [6.45, 7) is 0. The molecule has 0 aromatic heterocycles. The summed E-state index contributed by atoms with van der Waals surface area (Å²) < 4.78 is 0. The van der Waals surface area contributed by atoms with Crippen LogP contribution in [0.15, 0.2) is 0 Å². The Morgan fingerprint density at radius 2 is 1.67 bits per heavy atom. The van der Waals surface area contributed by atoms with Crippen molar-refractivity contribution < 1.29 is 0 Å². The Labute approximate surface area is 67.3 Å². The average Bonchev–Trinajstić information content (AvgIpc) is 1.58. The van der Waals surface area contributed by atoms with Crippen LogP contribution in [-0.2, 0) is 0 Å². The van der Waals surface area contributed by atoms with E-state index in [2.05, 4.69) is 5.43 Å². The lowest BCUT2D eigenvalue weighted by Crippen LogP contribution is -2.50. The molecule has 1 aliphatic rings. The second-order valence-corrected chi connectivity index (χ2v) is 2.10. The van der Waals surface area contributed by atoms with E-state index in [1.165, 1.54) is 0 Å². The molecule has 0 aromatic carbocycles. The number of rotatable bonds is 1. The van der Waals surface area contributed by atoms with E-state index in [-0.39, 0.29) is 24.8 Å². The molecule has 9 heavy (non-hydrogen) atoms. The predicted octanol–water partition coefficient (Wildman–Crippen LogP) is -0.217. The second kappa shape index (κ2) is 5.26. The van der Waals surface area contributed by atoms with Gasteiger partial charge in [0.15, 0.2) is 0 Å². The SMILES string of the molecule is Cl.Cl.NNC1CC(N)C1. The van der Waals surface area contributed by atoms with Crippen LogP contribution in [-0.4, -0.2) is 12.1 Å². The molecule has 3 nitrogen and oxygen atoms in total. The molecule has 5 heteroatoms. The first-order valence-corrected chi connectivity index (χ1v) is 2.54. The van der Waals surface area contributed by atoms with Crippen molar-refractivity contribution in [2.24, 2.45) is 11.6 Å². The van der Waals surface area contributed by atoms with Gasteiger partial charge >= 0.3 is 0 Å². The lowest BCUT2D eigenvalue weighted by atomic mass is 9.88. The molecule has 0 saturated heterocycles. The molecule has 1 rings (SSSR count). The highest BCUT2D eigenvalue weighted by molar-refractivity contribution is 5.85. The van der Waals surface area contributed by atoms with Crippen LogP contribution in [0.3, 0.4) is 0 Å². The Bertz CT molecular complexity index is 64.8. The third-order valence-corrected chi connectivity index (χ3v) is 1.41. The van der Waals surface area contributed by atoms with E-state index in [1.807, 2.05) is 0 Å². The van der Waals surface area contributed by atoms with Crippen molar-refractivity contribution in [2.75, 3.05) is 0 Å². The molecule has 0 spiro atoms. The number of hydrogen-bond acceptors (Lipinski definition) is 3. The fourth-order valence-electron chi connectivity index (χ4n) is 0.798. The van der Waals surface area contributed by atoms with Crippen LogP contribution in [0.4, 0.5) is 0 Å². The topological polar surface area (TPSA) is 64.1 Å². The smallest absolute Gasteiger partial charge is 0.0240 e. The molecule has 0 aromatic rings. The molecular formula is C4H13Cl2N3. The Morgan fingerprint density at radius 1 is 1.22 bits per heavy atom. The van der Waals surface area contributed by atoms with Crippen LogP contribution in [0.25, 0.3) is 0 Å². The Hall–Kier alpha value is 0.460. The van der Waals surface area contributed by atoms with Gasteiger partial charge in [0, 0.05) is 12.1 Å². The first kappa shape index (κ1) is 12.2. The zero-order valence-electron chi connectivity index (χ0n) is 5.04. The highest BCUT2D eigenvalue weighted by atomic mass is 35.5. The molecule has 0 heterocycles. The Balaban J connectivity index is 0. The lowest BCUT2D eigenvalue weighted by molar-refractivity contribution is 0.296. The van der Waals surface area contributed by atoms with Gasteiger partial charge in [-0.1, -0.05) is 0 Å². The van der Waals surface area contributed by atoms with E-state index in [1.54, 1.807) is 0 Å². The first-order valence-electron chi connectivity index (χ1n) is 2.54. The van der Waals surface area contributed by atoms with Gasteiger partial charge in [-0.15, -0.1) is 24.8 Å². The van der Waals surface area contributed by atoms with Crippen LogP contribution in [0, 0.1) is 0 Å². The van der Waals surface area contributed by atoms with Crippen molar-refractivity contribution in [1.82, 2.24) is 5.43 Å². The monoisotopic (exact) mass is 173 g/mol. The lowest BCUT2D eigenvalue weighted by Gasteiger charge is -2.31. The van der Waals surface area contributed by atoms with Crippen LogP contribution in [0.1, 0.15) is 12.8 Å². The average molecular weight is 174 g/mol. The normalized spacial score (nSPS) is 31.3. The molecule has 0 atom stereocenters. The van der Waals surface area contributed by atoms with E-state index in [9.17, 15) is 0 Å². The highest BCUT2D eigenvalue weighted by Gasteiger charge is 2.23. The maximum absolute atomic E-state index is 5.45. The maximum Gasteiger partial charge on any atom is 0.0240 e. The number of nitrogens with two attached hydrogens (primary N) is 2. The van der Waals surface area contributed by atoms with E-state index in [0.29, 0.717) is 12.1 Å². The Morgan fingerprint density at radius 3 is 1.78 bits per heavy atom. The van der Waals surface area contributed by atoms with E-state index < -0.39 is 0 Å². The summed E-state index contributed by atoms with van der Waals surface area (Å²) in [6.07, 6.45) is 2.08. The van der Waals surface area contributed by atoms with Gasteiger partial charge in [-0.05, 0) is 12.8 Å². The molecule has 1 aliphatic carbocycles. The molecule has 0 unspecified atom stereocenters. The molecule has 1 fully saturated rings. The van der Waals surface area contributed by atoms with Crippen LogP contribution >= 0.6 is 24.8 Å². The zero-order chi connectivity index (χ0) is 5.28. The third kappa shape index (κ3) is 3.23. The van der Waals surface area contributed by atoms with Crippen molar-refractivity contribution in [1.29, 1.82) is 0 Å². The second-order valence-electron chi connectivity index (χ2n) is 2.10. The zero-order valence-corrected chi connectivity index (χ0v) is 6.67. The fraction of sp³-hybridized carbons (Fsp3) is 1.00. The quantitative estimate of drug-likeness (QED) is 0.380. The number of hydrogen-bond donors (Lipinski definition) is 3. The molecular weight excluding hydrogens is 161 g/mol. The van der Waals surface area contributed by atoms with Gasteiger partial charge in [0.05, 0.1) is 0 Å². The van der Waals surface area contributed by atoms with Gasteiger partial charge in [0.1, 0.15) is 0 Å². The van der Waals surface area contributed by atoms with Crippen molar-refractivity contribution >= 4 is 24.8 Å². The largest absolute Gasteiger partial charge is 0.328 e. The molecule has 1 saturated carbocycles. The van der Waals surface area contributed by atoms with E-state index >= 15 is 0 Å². The molecule has 5 N–H and O–H groups in total. The summed E-state index contributed by atoms with van der Waals surface area (Å²) in [5, 5.41) is 0. The molecule has 0 aliphatic heterocycles. The van der Waals surface area contributed by atoms with Gasteiger partial charge in [-0.2, -0.15) is 0 Å². The Kier molecular flexibility index (Phi) is 7.11. The fourth-order valence-corrected chi connectivity index (χ4v) is 0.798. The maximum atomic E-state index is 5.45. The van der Waals surface area contributed by atoms with Crippen molar-refractivity contribution in [3.05, 3.63) is 0 Å². The van der Waals surface area contributed by atoms with Gasteiger partial charge in [0.25, 0.3) is 0 Å². The van der Waals surface area contributed by atoms with E-state index in [0.717, 1.165) is 12.8 Å². The summed E-state index contributed by atoms with van der Waals surface area (Å²) in [4.78, 5) is 0. The number of hydrazine groups is 1. The minimum atomic E-state index is 0. The summed E-state index contributed by atoms with van der Waals surface area (Å²) in [5.41, 5.74) is 8.10. The molecule has 0 radical (unpaired) electrons. The van der Waals surface area contributed by atoms with Gasteiger partial charge in [-0.3, -0.25) is 11.3 Å². The van der Waals surface area contributed by atoms with Gasteiger partial charge in [0.2, 0.25) is 0 Å². The predicted molar refractivity (Wildman–Crippen MR) is 42.8 cm³/mol. The summed E-state index contributed by atoms with van der Waals surface area (Å²) in [6, 6.07) is 0.899. The highest BCUT2D eigenvalue weighted by Crippen LogP contribution is 2.15. The minimum absolute atomic E-state index is 0. The standard InChI is InChI=1S/C4H11N3.2ClH/c5-3-1-4(2-3)7-6;;/h3-4,7H,1-2,5-6H2;2*1H. The minimum Gasteiger partial charge on any atom is -0.328 e. The molecule has 0 bridgehead atoms. The third-order valence-electron chi connectivity index (χ3n) is 1.41. The van der Waals surface area contributed by atoms with Gasteiger partial charge < -0.3 is 5.73 Å². The van der Waals surface area contributed by atoms with E-state index in [4.69, 9.17) is 11.6 Å². The summed E-state index contributed by atoms with van der Waals surface area (Å²) in [5.74, 6) is 5.09. The van der Waals surface area contributed by atoms with Crippen LogP contribution in [0.5, 0.6) is 0 Å². The molecule has 58 valence electrons. The first-order chi connectivity index (χ1) is 3.33. The summed E-state index contributed by atoms with van der Waals surface area (Å²) >= 11 is 0. The van der Waals surface area contributed by atoms with Gasteiger partial charge in [-0.25, -0.2) is 0 Å². The molecule has 0 amide bonds. The summed E-state index contributed by atoms with van der Waals surface area (Å²) in [7, 11) is 0. The van der Waals surface area contributed by atoms with Crippen molar-refractivity contribution in [2.45, 2.75) is 24.9 Å². The van der Waals surface area contributed by atoms with Crippen molar-refractivity contribution in [3.63, 3.8) is 0 Å². The number of nitrogens with one attached hydrogen (secondary N) is 1. The van der Waals surface area contributed by atoms with Crippen LogP contribution in [0.2, 0.25) is 0 Å². The van der Waals surface area contributed by atoms with Crippen LogP contribution < -0.4 is 17.0 Å².